The van der Waals surface area contributed by atoms with E-state index < -0.39 is 16.0 Å². The first-order valence-electron chi connectivity index (χ1n) is 5.71. The quantitative estimate of drug-likeness (QED) is 0.747. The van der Waals surface area contributed by atoms with E-state index in [-0.39, 0.29) is 21.8 Å². The molecule has 0 amide bonds. The molecule has 0 unspecified atom stereocenters. The van der Waals surface area contributed by atoms with Crippen molar-refractivity contribution in [2.75, 3.05) is 10.5 Å². The summed E-state index contributed by atoms with van der Waals surface area (Å²) in [5, 5.41) is 9.25. The fraction of sp³-hybridized carbons (Fsp3) is 0. The molecule has 4 N–H and O–H groups in total. The lowest BCUT2D eigenvalue weighted by Gasteiger charge is -2.11. The second-order valence-electron chi connectivity index (χ2n) is 4.17. The molecule has 0 saturated heterocycles. The Balaban J connectivity index is 2.32. The Morgan fingerprint density at radius 2 is 1.76 bits per heavy atom. The van der Waals surface area contributed by atoms with Gasteiger partial charge in [-0.2, -0.15) is 0 Å². The number of carbonyl (C=O) groups is 1. The van der Waals surface area contributed by atoms with Gasteiger partial charge in [-0.15, -0.1) is 0 Å². The van der Waals surface area contributed by atoms with Crippen molar-refractivity contribution in [3.63, 3.8) is 0 Å². The van der Waals surface area contributed by atoms with E-state index in [4.69, 9.17) is 22.4 Å². The molecule has 0 spiro atoms. The van der Waals surface area contributed by atoms with E-state index in [1.807, 2.05) is 0 Å². The van der Waals surface area contributed by atoms with E-state index in [0.29, 0.717) is 5.02 Å². The van der Waals surface area contributed by atoms with E-state index in [0.717, 1.165) is 0 Å². The number of sulfonamides is 1. The number of hydrogen-bond acceptors (Lipinski definition) is 4. The second-order valence-corrected chi connectivity index (χ2v) is 6.29. The summed E-state index contributed by atoms with van der Waals surface area (Å²) in [6.45, 7) is 0. The minimum Gasteiger partial charge on any atom is -0.478 e. The summed E-state index contributed by atoms with van der Waals surface area (Å²) >= 11 is 5.70. The van der Waals surface area contributed by atoms with Crippen molar-refractivity contribution in [1.82, 2.24) is 0 Å². The summed E-state index contributed by atoms with van der Waals surface area (Å²) in [4.78, 5) is 10.8. The third-order valence-electron chi connectivity index (χ3n) is 2.67. The number of hydrogen-bond donors (Lipinski definition) is 3. The molecule has 2 aromatic rings. The van der Waals surface area contributed by atoms with Crippen molar-refractivity contribution < 1.29 is 18.3 Å². The van der Waals surface area contributed by atoms with E-state index >= 15 is 0 Å². The Hall–Kier alpha value is -2.25. The highest BCUT2D eigenvalue weighted by Crippen LogP contribution is 2.24. The minimum atomic E-state index is -3.82. The maximum Gasteiger partial charge on any atom is 0.335 e. The van der Waals surface area contributed by atoms with Crippen LogP contribution in [0, 0.1) is 0 Å². The van der Waals surface area contributed by atoms with Crippen molar-refractivity contribution in [2.45, 2.75) is 4.90 Å². The lowest BCUT2D eigenvalue weighted by atomic mass is 10.2. The van der Waals surface area contributed by atoms with Crippen molar-refractivity contribution in [3.05, 3.63) is 53.1 Å². The number of halogens is 1. The van der Waals surface area contributed by atoms with E-state index in [9.17, 15) is 13.2 Å². The first-order chi connectivity index (χ1) is 9.79. The van der Waals surface area contributed by atoms with Crippen LogP contribution in [0.1, 0.15) is 10.4 Å². The van der Waals surface area contributed by atoms with Crippen LogP contribution >= 0.6 is 11.6 Å². The molecule has 0 heterocycles. The van der Waals surface area contributed by atoms with Gasteiger partial charge < -0.3 is 10.8 Å². The summed E-state index contributed by atoms with van der Waals surface area (Å²) in [5.41, 5.74) is 5.76. The van der Waals surface area contributed by atoms with Gasteiger partial charge in [0.25, 0.3) is 10.0 Å². The maximum absolute atomic E-state index is 12.2. The first kappa shape index (κ1) is 15.1. The summed E-state index contributed by atoms with van der Waals surface area (Å²) in [6, 6.07) is 9.35. The minimum absolute atomic E-state index is 0.0208. The summed E-state index contributed by atoms with van der Waals surface area (Å²) in [5.74, 6) is -1.14. The van der Waals surface area contributed by atoms with Crippen LogP contribution in [0.2, 0.25) is 5.02 Å². The zero-order chi connectivity index (χ0) is 15.6. The topological polar surface area (TPSA) is 109 Å². The number of nitrogens with two attached hydrogens (primary N) is 1. The Bertz CT molecular complexity index is 788. The smallest absolute Gasteiger partial charge is 0.335 e. The van der Waals surface area contributed by atoms with Gasteiger partial charge in [0, 0.05) is 5.02 Å². The van der Waals surface area contributed by atoms with E-state index in [1.54, 1.807) is 0 Å². The number of rotatable bonds is 4. The number of aromatic carboxylic acids is 1. The zero-order valence-corrected chi connectivity index (χ0v) is 12.1. The van der Waals surface area contributed by atoms with Crippen LogP contribution in [0.25, 0.3) is 0 Å². The number of nitrogen functional groups attached to an aromatic ring is 1. The summed E-state index contributed by atoms with van der Waals surface area (Å²) in [6.07, 6.45) is 0. The predicted molar refractivity (Wildman–Crippen MR) is 80.1 cm³/mol. The van der Waals surface area contributed by atoms with E-state index in [1.165, 1.54) is 42.5 Å². The maximum atomic E-state index is 12.2. The van der Waals surface area contributed by atoms with Crippen LogP contribution in [0.4, 0.5) is 11.4 Å². The molecule has 2 aromatic carbocycles. The molecule has 0 aliphatic carbocycles. The van der Waals surface area contributed by atoms with Gasteiger partial charge in [-0.05, 0) is 42.5 Å². The number of benzene rings is 2. The van der Waals surface area contributed by atoms with Crippen molar-refractivity contribution in [3.8, 4) is 0 Å². The Morgan fingerprint density at radius 3 is 2.29 bits per heavy atom. The van der Waals surface area contributed by atoms with Crippen molar-refractivity contribution in [1.29, 1.82) is 0 Å². The first-order valence-corrected chi connectivity index (χ1v) is 7.57. The summed E-state index contributed by atoms with van der Waals surface area (Å²) in [7, 11) is -3.82. The van der Waals surface area contributed by atoms with Crippen LogP contribution < -0.4 is 10.5 Å². The molecule has 0 aliphatic rings. The molecule has 110 valence electrons. The van der Waals surface area contributed by atoms with Gasteiger partial charge in [-0.3, -0.25) is 4.72 Å². The van der Waals surface area contributed by atoms with Gasteiger partial charge in [-0.1, -0.05) is 11.6 Å². The molecule has 0 bridgehead atoms. The molecule has 8 heteroatoms. The zero-order valence-electron chi connectivity index (χ0n) is 10.6. The highest BCUT2D eigenvalue weighted by Gasteiger charge is 2.16. The molecule has 0 aliphatic heterocycles. The van der Waals surface area contributed by atoms with Gasteiger partial charge in [0.15, 0.2) is 0 Å². The number of carboxylic acids is 1. The highest BCUT2D eigenvalue weighted by atomic mass is 35.5. The molecule has 0 saturated carbocycles. The van der Waals surface area contributed by atoms with Gasteiger partial charge in [-0.25, -0.2) is 13.2 Å². The Labute approximate surface area is 126 Å². The summed E-state index contributed by atoms with van der Waals surface area (Å²) < 4.78 is 26.6. The van der Waals surface area contributed by atoms with Crippen LogP contribution in [0.3, 0.4) is 0 Å². The van der Waals surface area contributed by atoms with Crippen LogP contribution in [0.5, 0.6) is 0 Å². The van der Waals surface area contributed by atoms with Crippen molar-refractivity contribution in [2.24, 2.45) is 0 Å². The van der Waals surface area contributed by atoms with Gasteiger partial charge in [0.05, 0.1) is 21.8 Å². The average molecular weight is 327 g/mol. The molecule has 6 nitrogen and oxygen atoms in total. The fourth-order valence-corrected chi connectivity index (χ4v) is 2.82. The fourth-order valence-electron chi connectivity index (χ4n) is 1.61. The monoisotopic (exact) mass is 326 g/mol. The van der Waals surface area contributed by atoms with Crippen LogP contribution in [-0.2, 0) is 10.0 Å². The Kier molecular flexibility index (Phi) is 4.06. The number of nitrogens with one attached hydrogen (secondary N) is 1. The van der Waals surface area contributed by atoms with Crippen LogP contribution in [0.15, 0.2) is 47.4 Å². The standard InChI is InChI=1S/C13H11ClN2O4S/c14-9-2-4-10(5-3-9)21(19,20)16-12-6-1-8(13(17)18)7-11(12)15/h1-7,16H,15H2,(H,17,18). The normalized spacial score (nSPS) is 11.1. The largest absolute Gasteiger partial charge is 0.478 e. The average Bonchev–Trinajstić information content (AvgIpc) is 2.41. The molecular formula is C13H11ClN2O4S. The highest BCUT2D eigenvalue weighted by molar-refractivity contribution is 7.92. The lowest BCUT2D eigenvalue weighted by Crippen LogP contribution is -2.14. The molecule has 21 heavy (non-hydrogen) atoms. The van der Waals surface area contributed by atoms with Gasteiger partial charge >= 0.3 is 5.97 Å². The predicted octanol–water partition coefficient (Wildman–Crippen LogP) is 2.42. The number of anilines is 2. The second kappa shape index (κ2) is 5.63. The molecule has 2 rings (SSSR count). The SMILES string of the molecule is Nc1cc(C(=O)O)ccc1NS(=O)(=O)c1ccc(Cl)cc1. The van der Waals surface area contributed by atoms with Crippen LogP contribution in [-0.4, -0.2) is 19.5 Å². The molecular weight excluding hydrogens is 316 g/mol. The Morgan fingerprint density at radius 1 is 1.14 bits per heavy atom. The lowest BCUT2D eigenvalue weighted by molar-refractivity contribution is 0.0697. The third kappa shape index (κ3) is 3.45. The third-order valence-corrected chi connectivity index (χ3v) is 4.30. The molecule has 0 atom stereocenters. The van der Waals surface area contributed by atoms with Gasteiger partial charge in [0.2, 0.25) is 0 Å². The molecule has 0 radical (unpaired) electrons. The molecule has 0 fully saturated rings. The van der Waals surface area contributed by atoms with Crippen molar-refractivity contribution >= 4 is 39.0 Å². The van der Waals surface area contributed by atoms with Gasteiger partial charge in [0.1, 0.15) is 0 Å². The van der Waals surface area contributed by atoms with E-state index in [2.05, 4.69) is 4.72 Å². The molecule has 0 aromatic heterocycles. The number of carboxylic acid groups (broad SMARTS) is 1.